The van der Waals surface area contributed by atoms with Crippen LogP contribution in [0.5, 0.6) is 0 Å². The second kappa shape index (κ2) is 5.51. The van der Waals surface area contributed by atoms with Crippen LogP contribution in [0.25, 0.3) is 10.6 Å². The second-order valence-electron chi connectivity index (χ2n) is 3.95. The Morgan fingerprint density at radius 2 is 2.05 bits per heavy atom. The largest absolute Gasteiger partial charge is 0.465 e. The van der Waals surface area contributed by atoms with Crippen molar-refractivity contribution >= 4 is 37.0 Å². The zero-order chi connectivity index (χ0) is 14.9. The Bertz CT molecular complexity index is 768. The number of aryl methyl sites for hydroxylation is 1. The first-order chi connectivity index (χ1) is 9.31. The van der Waals surface area contributed by atoms with Crippen molar-refractivity contribution in [1.82, 2.24) is 4.98 Å². The normalized spacial score (nSPS) is 11.3. The number of carbonyl (C=O) groups excluding carboxylic acids is 1. The third-order valence-electron chi connectivity index (χ3n) is 2.48. The molecule has 8 heteroatoms. The average molecular weight is 332 g/mol. The lowest BCUT2D eigenvalue weighted by molar-refractivity contribution is 0.0600. The summed E-state index contributed by atoms with van der Waals surface area (Å²) in [5.74, 6) is -0.637. The van der Waals surface area contributed by atoms with E-state index in [4.69, 9.17) is 10.7 Å². The maximum absolute atomic E-state index is 11.6. The lowest BCUT2D eigenvalue weighted by Crippen LogP contribution is -2.03. The fourth-order valence-electron chi connectivity index (χ4n) is 1.59. The van der Waals surface area contributed by atoms with Crippen LogP contribution in [0.3, 0.4) is 0 Å². The van der Waals surface area contributed by atoms with E-state index in [1.165, 1.54) is 36.6 Å². The zero-order valence-electron chi connectivity index (χ0n) is 10.6. The summed E-state index contributed by atoms with van der Waals surface area (Å²) in [4.78, 5) is 16.6. The highest BCUT2D eigenvalue weighted by molar-refractivity contribution is 8.13. The van der Waals surface area contributed by atoms with Crippen molar-refractivity contribution in [2.75, 3.05) is 7.11 Å². The minimum absolute atomic E-state index is 0.108. The topological polar surface area (TPSA) is 73.3 Å². The van der Waals surface area contributed by atoms with Crippen LogP contribution in [0.4, 0.5) is 0 Å². The molecule has 0 bridgehead atoms. The number of methoxy groups -OCH3 is 1. The molecule has 20 heavy (non-hydrogen) atoms. The van der Waals surface area contributed by atoms with Crippen LogP contribution in [0.15, 0.2) is 29.3 Å². The van der Waals surface area contributed by atoms with Crippen LogP contribution < -0.4 is 0 Å². The van der Waals surface area contributed by atoms with Gasteiger partial charge in [0.25, 0.3) is 9.05 Å². The highest BCUT2D eigenvalue weighted by Gasteiger charge is 2.17. The first kappa shape index (κ1) is 15.0. The minimum atomic E-state index is -3.95. The number of rotatable bonds is 3. The van der Waals surface area contributed by atoms with Gasteiger partial charge in [0.2, 0.25) is 0 Å². The summed E-state index contributed by atoms with van der Waals surface area (Å²) in [6, 6.07) is 4.08. The van der Waals surface area contributed by atoms with Gasteiger partial charge in [0.1, 0.15) is 5.01 Å². The number of aromatic nitrogens is 1. The van der Waals surface area contributed by atoms with Crippen molar-refractivity contribution in [1.29, 1.82) is 0 Å². The highest BCUT2D eigenvalue weighted by Crippen LogP contribution is 2.29. The molecular formula is C12H10ClNO4S2. The molecular weight excluding hydrogens is 322 g/mol. The van der Waals surface area contributed by atoms with Gasteiger partial charge in [-0.3, -0.25) is 0 Å². The third kappa shape index (κ3) is 3.17. The van der Waals surface area contributed by atoms with Gasteiger partial charge in [-0.25, -0.2) is 18.2 Å². The quantitative estimate of drug-likeness (QED) is 0.638. The van der Waals surface area contributed by atoms with Gasteiger partial charge < -0.3 is 4.74 Å². The van der Waals surface area contributed by atoms with Gasteiger partial charge in [0.05, 0.1) is 17.6 Å². The number of thiazole rings is 1. The molecule has 0 fully saturated rings. The molecule has 2 aromatic rings. The number of hydrogen-bond acceptors (Lipinski definition) is 6. The lowest BCUT2D eigenvalue weighted by Gasteiger charge is -2.05. The predicted octanol–water partition coefficient (Wildman–Crippen LogP) is 2.83. The SMILES string of the molecule is COC(=O)c1cc(-c2ncc(C)s2)cc(S(=O)(=O)Cl)c1. The average Bonchev–Trinajstić information content (AvgIpc) is 2.83. The Labute approximate surface area is 124 Å². The number of esters is 1. The van der Waals surface area contributed by atoms with Gasteiger partial charge in [0.15, 0.2) is 0 Å². The first-order valence-corrected chi connectivity index (χ1v) is 8.54. The van der Waals surface area contributed by atoms with Crippen molar-refractivity contribution in [3.63, 3.8) is 0 Å². The minimum Gasteiger partial charge on any atom is -0.465 e. The Morgan fingerprint density at radius 1 is 1.35 bits per heavy atom. The molecule has 5 nitrogen and oxygen atoms in total. The van der Waals surface area contributed by atoms with Gasteiger partial charge in [-0.05, 0) is 25.1 Å². The van der Waals surface area contributed by atoms with E-state index < -0.39 is 15.0 Å². The molecule has 0 aliphatic heterocycles. The van der Waals surface area contributed by atoms with Crippen LogP contribution in [-0.4, -0.2) is 26.5 Å². The summed E-state index contributed by atoms with van der Waals surface area (Å²) in [5, 5.41) is 0.606. The van der Waals surface area contributed by atoms with Crippen LogP contribution in [0, 0.1) is 6.92 Å². The Kier molecular flexibility index (Phi) is 4.12. The molecule has 1 aromatic carbocycles. The number of carbonyl (C=O) groups is 1. The van der Waals surface area contributed by atoms with Crippen LogP contribution in [-0.2, 0) is 13.8 Å². The second-order valence-corrected chi connectivity index (χ2v) is 7.75. The van der Waals surface area contributed by atoms with Gasteiger partial charge in [-0.1, -0.05) is 0 Å². The standard InChI is InChI=1S/C12H10ClNO4S2/c1-7-6-14-11(19-7)8-3-9(12(15)18-2)5-10(4-8)20(13,16)17/h3-6H,1-2H3. The molecule has 0 N–H and O–H groups in total. The summed E-state index contributed by atoms with van der Waals surface area (Å²) in [5.41, 5.74) is 0.613. The van der Waals surface area contributed by atoms with Crippen LogP contribution >= 0.6 is 22.0 Å². The van der Waals surface area contributed by atoms with E-state index >= 15 is 0 Å². The molecule has 0 saturated carbocycles. The number of hydrogen-bond donors (Lipinski definition) is 0. The number of ether oxygens (including phenoxy) is 1. The molecule has 0 aliphatic carbocycles. The van der Waals surface area contributed by atoms with Crippen molar-refractivity contribution in [2.24, 2.45) is 0 Å². The maximum atomic E-state index is 11.6. The molecule has 0 amide bonds. The molecule has 106 valence electrons. The monoisotopic (exact) mass is 331 g/mol. The summed E-state index contributed by atoms with van der Waals surface area (Å²) in [6.07, 6.45) is 1.67. The Morgan fingerprint density at radius 3 is 2.55 bits per heavy atom. The number of benzene rings is 1. The number of nitrogens with zero attached hydrogens (tertiary/aromatic N) is 1. The molecule has 0 spiro atoms. The van der Waals surface area contributed by atoms with Gasteiger partial charge in [0, 0.05) is 27.3 Å². The molecule has 2 rings (SSSR count). The fourth-order valence-corrected chi connectivity index (χ4v) is 3.14. The summed E-state index contributed by atoms with van der Waals surface area (Å²) in [6.45, 7) is 1.88. The highest BCUT2D eigenvalue weighted by atomic mass is 35.7. The summed E-state index contributed by atoms with van der Waals surface area (Å²) >= 11 is 1.39. The Hall–Kier alpha value is -1.44. The van der Waals surface area contributed by atoms with Crippen molar-refractivity contribution in [3.05, 3.63) is 34.8 Å². The van der Waals surface area contributed by atoms with Gasteiger partial charge >= 0.3 is 5.97 Å². The molecule has 0 unspecified atom stereocenters. The van der Waals surface area contributed by atoms with Crippen LogP contribution in [0.1, 0.15) is 15.2 Å². The van der Waals surface area contributed by atoms with Gasteiger partial charge in [-0.2, -0.15) is 0 Å². The van der Waals surface area contributed by atoms with E-state index in [-0.39, 0.29) is 10.5 Å². The van der Waals surface area contributed by atoms with Crippen molar-refractivity contribution < 1.29 is 17.9 Å². The van der Waals surface area contributed by atoms with Gasteiger partial charge in [-0.15, -0.1) is 11.3 Å². The van der Waals surface area contributed by atoms with E-state index in [1.54, 1.807) is 6.20 Å². The predicted molar refractivity (Wildman–Crippen MR) is 76.7 cm³/mol. The van der Waals surface area contributed by atoms with Crippen LogP contribution in [0.2, 0.25) is 0 Å². The zero-order valence-corrected chi connectivity index (χ0v) is 13.0. The molecule has 0 saturated heterocycles. The molecule has 1 heterocycles. The molecule has 0 aliphatic rings. The van der Waals surface area contributed by atoms with Crippen molar-refractivity contribution in [2.45, 2.75) is 11.8 Å². The van der Waals surface area contributed by atoms with E-state index in [0.29, 0.717) is 10.6 Å². The fraction of sp³-hybridized carbons (Fsp3) is 0.167. The summed E-state index contributed by atoms with van der Waals surface area (Å²) < 4.78 is 27.6. The van der Waals surface area contributed by atoms with E-state index in [9.17, 15) is 13.2 Å². The van der Waals surface area contributed by atoms with E-state index in [0.717, 1.165) is 4.88 Å². The Balaban J connectivity index is 2.66. The lowest BCUT2D eigenvalue weighted by atomic mass is 10.1. The molecule has 0 radical (unpaired) electrons. The van der Waals surface area contributed by atoms with Crippen molar-refractivity contribution in [3.8, 4) is 10.6 Å². The number of halogens is 1. The smallest absolute Gasteiger partial charge is 0.337 e. The van der Waals surface area contributed by atoms with E-state index in [1.807, 2.05) is 6.92 Å². The summed E-state index contributed by atoms with van der Waals surface area (Å²) in [7, 11) is 2.62. The molecule has 1 aromatic heterocycles. The maximum Gasteiger partial charge on any atom is 0.337 e. The van der Waals surface area contributed by atoms with E-state index in [2.05, 4.69) is 9.72 Å². The first-order valence-electron chi connectivity index (χ1n) is 5.42. The molecule has 0 atom stereocenters. The third-order valence-corrected chi connectivity index (χ3v) is 4.77.